The monoisotopic (exact) mass is 253 g/mol. The summed E-state index contributed by atoms with van der Waals surface area (Å²) in [7, 11) is 1.32. The number of halogens is 3. The van der Waals surface area contributed by atoms with Gasteiger partial charge in [-0.05, 0) is 12.1 Å². The van der Waals surface area contributed by atoms with Crippen LogP contribution in [0.2, 0.25) is 0 Å². The van der Waals surface area contributed by atoms with Crippen molar-refractivity contribution in [1.82, 2.24) is 9.97 Å². The normalized spacial score (nSPS) is 11.3. The summed E-state index contributed by atoms with van der Waals surface area (Å²) in [6, 6.07) is 4.70. The van der Waals surface area contributed by atoms with Crippen LogP contribution in [-0.4, -0.2) is 17.1 Å². The van der Waals surface area contributed by atoms with Gasteiger partial charge in [-0.25, -0.2) is 9.97 Å². The summed E-state index contributed by atoms with van der Waals surface area (Å²) in [5.74, 6) is -1.10. The van der Waals surface area contributed by atoms with Gasteiger partial charge in [0.25, 0.3) is 0 Å². The van der Waals surface area contributed by atoms with Crippen molar-refractivity contribution >= 4 is 10.9 Å². The van der Waals surface area contributed by atoms with Crippen molar-refractivity contribution in [3.63, 3.8) is 0 Å². The van der Waals surface area contributed by atoms with Crippen molar-refractivity contribution in [2.24, 2.45) is 0 Å². The number of ether oxygens (including phenoxy) is 1. The molecule has 0 spiro atoms. The zero-order chi connectivity index (χ0) is 13.3. The first-order chi connectivity index (χ1) is 8.47. The number of hydrogen-bond donors (Lipinski definition) is 0. The van der Waals surface area contributed by atoms with E-state index in [1.807, 2.05) is 6.07 Å². The first-order valence-corrected chi connectivity index (χ1v) is 4.78. The van der Waals surface area contributed by atoms with E-state index in [9.17, 15) is 13.2 Å². The summed E-state index contributed by atoms with van der Waals surface area (Å²) in [6.07, 6.45) is -3.66. The molecule has 0 amide bonds. The molecule has 0 saturated heterocycles. The van der Waals surface area contributed by atoms with Crippen molar-refractivity contribution in [3.05, 3.63) is 29.7 Å². The van der Waals surface area contributed by atoms with Crippen LogP contribution < -0.4 is 4.74 Å². The maximum atomic E-state index is 12.5. The molecule has 0 fully saturated rings. The fraction of sp³-hybridized carbons (Fsp3) is 0.182. The molecule has 2 aromatic rings. The summed E-state index contributed by atoms with van der Waals surface area (Å²) in [5.41, 5.74) is 0.165. The number of rotatable bonds is 1. The van der Waals surface area contributed by atoms with Gasteiger partial charge in [0, 0.05) is 11.6 Å². The van der Waals surface area contributed by atoms with E-state index >= 15 is 0 Å². The maximum absolute atomic E-state index is 12.5. The van der Waals surface area contributed by atoms with Crippen molar-refractivity contribution in [2.75, 3.05) is 7.11 Å². The minimum Gasteiger partial charge on any atom is -0.494 e. The maximum Gasteiger partial charge on any atom is 0.451 e. The van der Waals surface area contributed by atoms with Gasteiger partial charge >= 0.3 is 6.18 Å². The highest BCUT2D eigenvalue weighted by molar-refractivity contribution is 5.88. The van der Waals surface area contributed by atoms with Crippen LogP contribution in [-0.2, 0) is 6.18 Å². The second kappa shape index (κ2) is 4.14. The Morgan fingerprint density at radius 2 is 2.06 bits per heavy atom. The number of fused-ring (bicyclic) bond motifs is 1. The van der Waals surface area contributed by atoms with Gasteiger partial charge in [0.15, 0.2) is 0 Å². The number of alkyl halides is 3. The van der Waals surface area contributed by atoms with E-state index in [2.05, 4.69) is 9.97 Å². The van der Waals surface area contributed by atoms with E-state index in [1.165, 1.54) is 19.2 Å². The SMILES string of the molecule is COc1ccc(C#N)c2cnc(C(F)(F)F)nc12. The van der Waals surface area contributed by atoms with Crippen LogP contribution in [0, 0.1) is 11.3 Å². The number of aromatic nitrogens is 2. The Bertz CT molecular complexity index is 646. The highest BCUT2D eigenvalue weighted by Crippen LogP contribution is 2.31. The van der Waals surface area contributed by atoms with E-state index in [1.54, 1.807) is 0 Å². The number of nitriles is 1. The summed E-state index contributed by atoms with van der Waals surface area (Å²) in [5, 5.41) is 9.09. The molecule has 0 unspecified atom stereocenters. The predicted octanol–water partition coefficient (Wildman–Crippen LogP) is 2.53. The number of benzene rings is 1. The smallest absolute Gasteiger partial charge is 0.451 e. The lowest BCUT2D eigenvalue weighted by Crippen LogP contribution is -2.11. The minimum absolute atomic E-state index is 0.0288. The summed E-state index contributed by atoms with van der Waals surface area (Å²) in [6.45, 7) is 0. The quantitative estimate of drug-likeness (QED) is 0.783. The van der Waals surface area contributed by atoms with E-state index in [4.69, 9.17) is 10.00 Å². The van der Waals surface area contributed by atoms with E-state index < -0.39 is 12.0 Å². The molecule has 0 aliphatic heterocycles. The lowest BCUT2D eigenvalue weighted by atomic mass is 10.1. The van der Waals surface area contributed by atoms with Crippen molar-refractivity contribution in [2.45, 2.75) is 6.18 Å². The molecule has 1 aromatic carbocycles. The number of methoxy groups -OCH3 is 1. The molecule has 0 saturated carbocycles. The molecule has 1 aromatic heterocycles. The highest BCUT2D eigenvalue weighted by atomic mass is 19.4. The van der Waals surface area contributed by atoms with Crippen molar-refractivity contribution < 1.29 is 17.9 Å². The van der Waals surface area contributed by atoms with Gasteiger partial charge in [-0.3, -0.25) is 0 Å². The molecule has 0 aliphatic carbocycles. The molecule has 92 valence electrons. The predicted molar refractivity (Wildman–Crippen MR) is 55.8 cm³/mol. The third-order valence-electron chi connectivity index (χ3n) is 2.31. The fourth-order valence-corrected chi connectivity index (χ4v) is 1.49. The van der Waals surface area contributed by atoms with Crippen LogP contribution >= 0.6 is 0 Å². The number of hydrogen-bond acceptors (Lipinski definition) is 4. The molecular formula is C11H6F3N3O. The first kappa shape index (κ1) is 12.1. The standard InChI is InChI=1S/C11H6F3N3O/c1-18-8-3-2-6(4-15)7-5-16-10(11(12,13)14)17-9(7)8/h2-3,5H,1H3. The van der Waals surface area contributed by atoms with Crippen LogP contribution in [0.4, 0.5) is 13.2 Å². The van der Waals surface area contributed by atoms with Crippen LogP contribution in [0.1, 0.15) is 11.4 Å². The first-order valence-electron chi connectivity index (χ1n) is 4.78. The van der Waals surface area contributed by atoms with Gasteiger partial charge in [0.05, 0.1) is 18.7 Å². The lowest BCUT2D eigenvalue weighted by molar-refractivity contribution is -0.144. The molecule has 1 heterocycles. The minimum atomic E-state index is -4.64. The second-order valence-corrected chi connectivity index (χ2v) is 3.38. The Labute approximate surface area is 99.6 Å². The topological polar surface area (TPSA) is 58.8 Å². The van der Waals surface area contributed by atoms with E-state index in [0.717, 1.165) is 6.20 Å². The average molecular weight is 253 g/mol. The molecule has 7 heteroatoms. The Morgan fingerprint density at radius 3 is 2.61 bits per heavy atom. The van der Waals surface area contributed by atoms with Crippen LogP contribution in [0.5, 0.6) is 5.75 Å². The molecule has 0 radical (unpaired) electrons. The zero-order valence-corrected chi connectivity index (χ0v) is 9.12. The molecular weight excluding hydrogens is 247 g/mol. The van der Waals surface area contributed by atoms with Crippen LogP contribution in [0.15, 0.2) is 18.3 Å². The third-order valence-corrected chi connectivity index (χ3v) is 2.31. The molecule has 18 heavy (non-hydrogen) atoms. The largest absolute Gasteiger partial charge is 0.494 e. The molecule has 0 aliphatic rings. The van der Waals surface area contributed by atoms with Crippen molar-refractivity contribution in [1.29, 1.82) is 5.26 Å². The average Bonchev–Trinajstić information content (AvgIpc) is 2.35. The Balaban J connectivity index is 2.79. The van der Waals surface area contributed by atoms with Gasteiger partial charge in [0.1, 0.15) is 11.3 Å². The van der Waals surface area contributed by atoms with E-state index in [0.29, 0.717) is 0 Å². The van der Waals surface area contributed by atoms with E-state index in [-0.39, 0.29) is 22.2 Å². The van der Waals surface area contributed by atoms with Gasteiger partial charge in [-0.15, -0.1) is 0 Å². The molecule has 2 rings (SSSR count). The second-order valence-electron chi connectivity index (χ2n) is 3.38. The van der Waals surface area contributed by atoms with Gasteiger partial charge < -0.3 is 4.74 Å². The van der Waals surface area contributed by atoms with Gasteiger partial charge in [-0.2, -0.15) is 18.4 Å². The Morgan fingerprint density at radius 1 is 1.33 bits per heavy atom. The number of nitrogens with zero attached hydrogens (tertiary/aromatic N) is 3. The Hall–Kier alpha value is -2.36. The van der Waals surface area contributed by atoms with Crippen LogP contribution in [0.3, 0.4) is 0 Å². The molecule has 0 atom stereocenters. The van der Waals surface area contributed by atoms with Gasteiger partial charge in [0.2, 0.25) is 5.82 Å². The summed E-state index contributed by atoms with van der Waals surface area (Å²) >= 11 is 0. The zero-order valence-electron chi connectivity index (χ0n) is 9.12. The van der Waals surface area contributed by atoms with Crippen molar-refractivity contribution in [3.8, 4) is 11.8 Å². The lowest BCUT2D eigenvalue weighted by Gasteiger charge is -2.09. The summed E-state index contributed by atoms with van der Waals surface area (Å²) in [4.78, 5) is 6.63. The van der Waals surface area contributed by atoms with Crippen LogP contribution in [0.25, 0.3) is 10.9 Å². The third kappa shape index (κ3) is 1.93. The Kier molecular flexibility index (Phi) is 2.79. The molecule has 0 bridgehead atoms. The fourth-order valence-electron chi connectivity index (χ4n) is 1.49. The summed E-state index contributed by atoms with van der Waals surface area (Å²) < 4.78 is 42.4. The molecule has 0 N–H and O–H groups in total. The van der Waals surface area contributed by atoms with Gasteiger partial charge in [-0.1, -0.05) is 0 Å². The highest BCUT2D eigenvalue weighted by Gasteiger charge is 2.35. The molecule has 4 nitrogen and oxygen atoms in total.